The quantitative estimate of drug-likeness (QED) is 0.544. The zero-order valence-corrected chi connectivity index (χ0v) is 17.8. The molecule has 2 unspecified atom stereocenters. The molecule has 2 aromatic carbocycles. The average Bonchev–Trinajstić information content (AvgIpc) is 2.74. The highest BCUT2D eigenvalue weighted by atomic mass is 35.5. The van der Waals surface area contributed by atoms with Gasteiger partial charge < -0.3 is 15.2 Å². The Morgan fingerprint density at radius 3 is 2.17 bits per heavy atom. The Kier molecular flexibility index (Phi) is 8.87. The van der Waals surface area contributed by atoms with Crippen molar-refractivity contribution in [1.29, 1.82) is 0 Å². The molecular formula is C23H26ClNO5. The maximum Gasteiger partial charge on any atom is 0.311 e. The van der Waals surface area contributed by atoms with Crippen LogP contribution in [0.1, 0.15) is 59.5 Å². The fraction of sp³-hybridized carbons (Fsp3) is 0.348. The highest BCUT2D eigenvalue weighted by Crippen LogP contribution is 2.37. The van der Waals surface area contributed by atoms with Crippen molar-refractivity contribution in [2.75, 3.05) is 13.7 Å². The number of carboxylic acids is 1. The predicted molar refractivity (Wildman–Crippen MR) is 115 cm³/mol. The van der Waals surface area contributed by atoms with Gasteiger partial charge in [0.05, 0.1) is 19.4 Å². The molecule has 0 aliphatic carbocycles. The summed E-state index contributed by atoms with van der Waals surface area (Å²) in [6.07, 6.45) is 1.60. The average molecular weight is 432 g/mol. The SMILES string of the molecule is CCCC(c1ccc(C(=O)NCCC(=O)OC)cc1)C(C(=O)O)c1ccc(Cl)cc1. The van der Waals surface area contributed by atoms with Crippen LogP contribution in [0.15, 0.2) is 48.5 Å². The van der Waals surface area contributed by atoms with E-state index in [2.05, 4.69) is 10.1 Å². The minimum absolute atomic E-state index is 0.0975. The zero-order valence-electron chi connectivity index (χ0n) is 17.1. The summed E-state index contributed by atoms with van der Waals surface area (Å²) in [5.74, 6) is -2.56. The number of rotatable bonds is 10. The van der Waals surface area contributed by atoms with Gasteiger partial charge in [-0.25, -0.2) is 0 Å². The van der Waals surface area contributed by atoms with Gasteiger partial charge in [0, 0.05) is 23.0 Å². The second-order valence-corrected chi connectivity index (χ2v) is 7.40. The molecule has 1 amide bonds. The second kappa shape index (κ2) is 11.4. The van der Waals surface area contributed by atoms with Crippen LogP contribution in [0.25, 0.3) is 0 Å². The molecule has 0 fully saturated rings. The molecule has 0 radical (unpaired) electrons. The number of halogens is 1. The largest absolute Gasteiger partial charge is 0.481 e. The Morgan fingerprint density at radius 2 is 1.63 bits per heavy atom. The van der Waals surface area contributed by atoms with Crippen molar-refractivity contribution >= 4 is 29.4 Å². The molecule has 7 heteroatoms. The monoisotopic (exact) mass is 431 g/mol. The van der Waals surface area contributed by atoms with Gasteiger partial charge in [0.2, 0.25) is 0 Å². The first-order valence-corrected chi connectivity index (χ1v) is 10.2. The predicted octanol–water partition coefficient (Wildman–Crippen LogP) is 4.39. The van der Waals surface area contributed by atoms with E-state index in [4.69, 9.17) is 11.6 Å². The molecule has 2 rings (SSSR count). The van der Waals surface area contributed by atoms with Crippen LogP contribution >= 0.6 is 11.6 Å². The van der Waals surface area contributed by atoms with Crippen LogP contribution in [-0.2, 0) is 14.3 Å². The molecule has 0 saturated carbocycles. The minimum Gasteiger partial charge on any atom is -0.481 e. The second-order valence-electron chi connectivity index (χ2n) is 6.97. The van der Waals surface area contributed by atoms with Gasteiger partial charge in [-0.3, -0.25) is 14.4 Å². The minimum atomic E-state index is -0.902. The summed E-state index contributed by atoms with van der Waals surface area (Å²) in [5.41, 5.74) is 1.98. The molecule has 0 saturated heterocycles. The Labute approximate surface area is 181 Å². The van der Waals surface area contributed by atoms with Crippen LogP contribution in [0.2, 0.25) is 5.02 Å². The van der Waals surface area contributed by atoms with Crippen molar-refractivity contribution in [3.63, 3.8) is 0 Å². The number of esters is 1. The fourth-order valence-corrected chi connectivity index (χ4v) is 3.54. The van der Waals surface area contributed by atoms with Crippen LogP contribution in [0.5, 0.6) is 0 Å². The zero-order chi connectivity index (χ0) is 22.1. The lowest BCUT2D eigenvalue weighted by Gasteiger charge is -2.25. The normalized spacial score (nSPS) is 12.6. The summed E-state index contributed by atoms with van der Waals surface area (Å²) < 4.78 is 4.54. The van der Waals surface area contributed by atoms with Crippen LogP contribution in [-0.4, -0.2) is 36.6 Å². The number of amides is 1. The highest BCUT2D eigenvalue weighted by Gasteiger charge is 2.30. The van der Waals surface area contributed by atoms with Crippen molar-refractivity contribution in [1.82, 2.24) is 5.32 Å². The number of ether oxygens (including phenoxy) is 1. The van der Waals surface area contributed by atoms with Crippen LogP contribution in [0.4, 0.5) is 0 Å². The third kappa shape index (κ3) is 6.32. The van der Waals surface area contributed by atoms with E-state index in [0.717, 1.165) is 12.0 Å². The summed E-state index contributed by atoms with van der Waals surface area (Å²) in [7, 11) is 1.30. The van der Waals surface area contributed by atoms with E-state index in [1.807, 2.05) is 6.92 Å². The van der Waals surface area contributed by atoms with Gasteiger partial charge in [0.15, 0.2) is 0 Å². The number of nitrogens with one attached hydrogen (secondary N) is 1. The van der Waals surface area contributed by atoms with Gasteiger partial charge in [0.25, 0.3) is 5.91 Å². The molecule has 0 aliphatic rings. The lowest BCUT2D eigenvalue weighted by Crippen LogP contribution is -2.26. The Bertz CT molecular complexity index is 864. The molecule has 160 valence electrons. The molecule has 0 aliphatic heterocycles. The molecule has 0 spiro atoms. The maximum atomic E-state index is 12.2. The van der Waals surface area contributed by atoms with E-state index in [-0.39, 0.29) is 24.8 Å². The Hall–Kier alpha value is -2.86. The molecule has 2 N–H and O–H groups in total. The number of hydrogen-bond acceptors (Lipinski definition) is 4. The number of carbonyl (C=O) groups is 3. The van der Waals surface area contributed by atoms with Gasteiger partial charge >= 0.3 is 11.9 Å². The van der Waals surface area contributed by atoms with Gasteiger partial charge in [-0.05, 0) is 41.8 Å². The number of carbonyl (C=O) groups excluding carboxylic acids is 2. The van der Waals surface area contributed by atoms with Gasteiger partial charge in [-0.2, -0.15) is 0 Å². The molecule has 0 heterocycles. The lowest BCUT2D eigenvalue weighted by molar-refractivity contribution is -0.141. The molecule has 0 bridgehead atoms. The smallest absolute Gasteiger partial charge is 0.311 e. The van der Waals surface area contributed by atoms with Crippen molar-refractivity contribution in [2.45, 2.75) is 38.0 Å². The third-order valence-corrected chi connectivity index (χ3v) is 5.19. The summed E-state index contributed by atoms with van der Waals surface area (Å²) in [5, 5.41) is 13.1. The summed E-state index contributed by atoms with van der Waals surface area (Å²) >= 11 is 5.95. The van der Waals surface area contributed by atoms with E-state index in [0.29, 0.717) is 22.6 Å². The number of carboxylic acid groups (broad SMARTS) is 1. The highest BCUT2D eigenvalue weighted by molar-refractivity contribution is 6.30. The number of aliphatic carboxylic acids is 1. The fourth-order valence-electron chi connectivity index (χ4n) is 3.42. The van der Waals surface area contributed by atoms with Crippen LogP contribution < -0.4 is 5.32 Å². The first-order chi connectivity index (χ1) is 14.4. The van der Waals surface area contributed by atoms with E-state index < -0.39 is 17.9 Å². The van der Waals surface area contributed by atoms with Crippen molar-refractivity contribution in [2.24, 2.45) is 0 Å². The standard InChI is InChI=1S/C23H26ClNO5/c1-3-4-19(21(23(28)29)16-9-11-18(24)12-10-16)15-5-7-17(8-6-15)22(27)25-14-13-20(26)30-2/h5-12,19,21H,3-4,13-14H2,1-2H3,(H,25,27)(H,28,29). The van der Waals surface area contributed by atoms with Crippen molar-refractivity contribution < 1.29 is 24.2 Å². The van der Waals surface area contributed by atoms with E-state index in [1.165, 1.54) is 7.11 Å². The van der Waals surface area contributed by atoms with Gasteiger partial charge in [0.1, 0.15) is 0 Å². The number of benzene rings is 2. The van der Waals surface area contributed by atoms with Crippen LogP contribution in [0.3, 0.4) is 0 Å². The molecule has 0 aromatic heterocycles. The molecular weight excluding hydrogens is 406 g/mol. The number of hydrogen-bond donors (Lipinski definition) is 2. The van der Waals surface area contributed by atoms with E-state index in [9.17, 15) is 19.5 Å². The molecule has 30 heavy (non-hydrogen) atoms. The maximum absolute atomic E-state index is 12.2. The molecule has 2 aromatic rings. The molecule has 2 atom stereocenters. The Balaban J connectivity index is 2.20. The van der Waals surface area contributed by atoms with Crippen molar-refractivity contribution in [3.05, 3.63) is 70.2 Å². The van der Waals surface area contributed by atoms with E-state index in [1.54, 1.807) is 48.5 Å². The number of methoxy groups -OCH3 is 1. The van der Waals surface area contributed by atoms with Crippen LogP contribution in [0, 0.1) is 0 Å². The summed E-state index contributed by atoms with van der Waals surface area (Å²) in [6.45, 7) is 2.19. The van der Waals surface area contributed by atoms with Gasteiger partial charge in [-0.15, -0.1) is 0 Å². The summed E-state index contributed by atoms with van der Waals surface area (Å²) in [4.78, 5) is 35.5. The van der Waals surface area contributed by atoms with Gasteiger partial charge in [-0.1, -0.05) is 49.2 Å². The molecule has 6 nitrogen and oxygen atoms in total. The van der Waals surface area contributed by atoms with E-state index >= 15 is 0 Å². The third-order valence-electron chi connectivity index (χ3n) is 4.94. The topological polar surface area (TPSA) is 92.7 Å². The first-order valence-electron chi connectivity index (χ1n) is 9.80. The lowest BCUT2D eigenvalue weighted by atomic mass is 9.78. The summed E-state index contributed by atoms with van der Waals surface area (Å²) in [6, 6.07) is 13.8. The Morgan fingerprint density at radius 1 is 1.03 bits per heavy atom. The first kappa shape index (κ1) is 23.4. The van der Waals surface area contributed by atoms with Crippen molar-refractivity contribution in [3.8, 4) is 0 Å².